The van der Waals surface area contributed by atoms with Crippen LogP contribution < -0.4 is 4.74 Å². The summed E-state index contributed by atoms with van der Waals surface area (Å²) in [6.07, 6.45) is 0. The molecule has 0 amide bonds. The molecule has 42 heavy (non-hydrogen) atoms. The van der Waals surface area contributed by atoms with Gasteiger partial charge in [0.1, 0.15) is 11.5 Å². The Labute approximate surface area is 246 Å². The van der Waals surface area contributed by atoms with Crippen molar-refractivity contribution in [2.75, 3.05) is 0 Å². The predicted molar refractivity (Wildman–Crippen MR) is 176 cm³/mol. The van der Waals surface area contributed by atoms with Crippen LogP contribution in [0, 0.1) is 0 Å². The molecule has 1 heterocycles. The van der Waals surface area contributed by atoms with E-state index in [2.05, 4.69) is 153 Å². The molecule has 0 saturated carbocycles. The second kappa shape index (κ2) is 9.46. The van der Waals surface area contributed by atoms with Gasteiger partial charge in [-0.05, 0) is 79.2 Å². The zero-order valence-corrected chi connectivity index (χ0v) is 23.8. The van der Waals surface area contributed by atoms with Crippen molar-refractivity contribution < 1.29 is 4.74 Å². The Morgan fingerprint density at radius 3 is 1.93 bits per heavy atom. The highest BCUT2D eigenvalue weighted by Gasteiger charge is 2.34. The standard InChI is InChI=1S/C41H30O/c1-41(2)36-17-8-9-18-38(36)42-39-24-23-30(26-37(39)41)27-19-21-29(22-20-27)33-15-10-16-34-32-14-7-6-13-31(32)25-35(40(33)34)28-11-4-3-5-12-28/h3-26H,1-2H3. The van der Waals surface area contributed by atoms with Gasteiger partial charge in [-0.2, -0.15) is 0 Å². The molecular formula is C41H30O. The van der Waals surface area contributed by atoms with Gasteiger partial charge in [-0.1, -0.05) is 135 Å². The van der Waals surface area contributed by atoms with Gasteiger partial charge in [-0.15, -0.1) is 0 Å². The lowest BCUT2D eigenvalue weighted by Gasteiger charge is -2.34. The van der Waals surface area contributed by atoms with Crippen molar-refractivity contribution in [2.45, 2.75) is 19.3 Å². The van der Waals surface area contributed by atoms with Crippen molar-refractivity contribution in [3.8, 4) is 44.9 Å². The molecular weight excluding hydrogens is 508 g/mol. The first-order chi connectivity index (χ1) is 20.6. The fraction of sp³-hybridized carbons (Fsp3) is 0.0732. The number of fused-ring (bicyclic) bond motifs is 5. The number of ether oxygens (including phenoxy) is 1. The largest absolute Gasteiger partial charge is 0.457 e. The van der Waals surface area contributed by atoms with Crippen molar-refractivity contribution >= 4 is 21.5 Å². The van der Waals surface area contributed by atoms with Crippen LogP contribution in [0.2, 0.25) is 0 Å². The Morgan fingerprint density at radius 1 is 0.429 bits per heavy atom. The minimum atomic E-state index is -0.139. The van der Waals surface area contributed by atoms with Gasteiger partial charge in [0.25, 0.3) is 0 Å². The summed E-state index contributed by atoms with van der Waals surface area (Å²) in [5.74, 6) is 1.89. The van der Waals surface area contributed by atoms with Gasteiger partial charge < -0.3 is 4.74 Å². The van der Waals surface area contributed by atoms with Gasteiger partial charge in [-0.25, -0.2) is 0 Å². The molecule has 0 spiro atoms. The van der Waals surface area contributed by atoms with Gasteiger partial charge in [0.05, 0.1) is 0 Å². The SMILES string of the molecule is CC1(C)c2ccccc2Oc2ccc(-c3ccc(-c4cccc5c4c(-c4ccccc4)cc4ccccc45)cc3)cc21. The van der Waals surface area contributed by atoms with E-state index in [1.807, 2.05) is 6.07 Å². The maximum absolute atomic E-state index is 6.30. The normalized spacial score (nSPS) is 13.4. The molecule has 0 atom stereocenters. The molecule has 0 unspecified atom stereocenters. The maximum atomic E-state index is 6.30. The van der Waals surface area contributed by atoms with Crippen LogP contribution >= 0.6 is 0 Å². The fourth-order valence-corrected chi connectivity index (χ4v) is 6.71. The van der Waals surface area contributed by atoms with E-state index in [0.29, 0.717) is 0 Å². The number of hydrogen-bond donors (Lipinski definition) is 0. The molecule has 200 valence electrons. The van der Waals surface area contributed by atoms with Crippen LogP contribution in [0.15, 0.2) is 146 Å². The quantitative estimate of drug-likeness (QED) is 0.203. The highest BCUT2D eigenvalue weighted by atomic mass is 16.5. The summed E-state index contributed by atoms with van der Waals surface area (Å²) in [7, 11) is 0. The summed E-state index contributed by atoms with van der Waals surface area (Å²) in [4.78, 5) is 0. The summed E-state index contributed by atoms with van der Waals surface area (Å²) in [6.45, 7) is 4.57. The van der Waals surface area contributed by atoms with Crippen molar-refractivity contribution in [1.82, 2.24) is 0 Å². The molecule has 0 N–H and O–H groups in total. The number of para-hydroxylation sites is 1. The van der Waals surface area contributed by atoms with E-state index in [9.17, 15) is 0 Å². The topological polar surface area (TPSA) is 9.23 Å². The molecule has 0 bridgehead atoms. The van der Waals surface area contributed by atoms with Crippen LogP contribution in [0.5, 0.6) is 11.5 Å². The van der Waals surface area contributed by atoms with Gasteiger partial charge >= 0.3 is 0 Å². The third-order valence-corrected chi connectivity index (χ3v) is 8.93. The molecule has 0 fully saturated rings. The number of rotatable bonds is 3. The lowest BCUT2D eigenvalue weighted by Crippen LogP contribution is -2.24. The lowest BCUT2D eigenvalue weighted by molar-refractivity contribution is 0.418. The minimum Gasteiger partial charge on any atom is -0.457 e. The molecule has 0 saturated heterocycles. The molecule has 0 aliphatic carbocycles. The Kier molecular flexibility index (Phi) is 5.55. The number of benzene rings is 7. The van der Waals surface area contributed by atoms with E-state index >= 15 is 0 Å². The highest BCUT2D eigenvalue weighted by molar-refractivity contribution is 6.18. The molecule has 0 aromatic heterocycles. The average Bonchev–Trinajstić information content (AvgIpc) is 3.04. The zero-order valence-electron chi connectivity index (χ0n) is 23.8. The van der Waals surface area contributed by atoms with Crippen LogP contribution in [0.4, 0.5) is 0 Å². The Balaban J connectivity index is 1.25. The van der Waals surface area contributed by atoms with E-state index in [4.69, 9.17) is 4.74 Å². The molecule has 1 nitrogen and oxygen atoms in total. The van der Waals surface area contributed by atoms with Crippen LogP contribution in [0.25, 0.3) is 54.9 Å². The average molecular weight is 539 g/mol. The van der Waals surface area contributed by atoms with Crippen LogP contribution in [0.3, 0.4) is 0 Å². The maximum Gasteiger partial charge on any atom is 0.131 e. The summed E-state index contributed by atoms with van der Waals surface area (Å²) >= 11 is 0. The van der Waals surface area contributed by atoms with E-state index in [1.165, 1.54) is 66.1 Å². The van der Waals surface area contributed by atoms with Gasteiger partial charge in [0.15, 0.2) is 0 Å². The van der Waals surface area contributed by atoms with Crippen molar-refractivity contribution in [1.29, 1.82) is 0 Å². The minimum absolute atomic E-state index is 0.139. The third-order valence-electron chi connectivity index (χ3n) is 8.93. The Hall–Kier alpha value is -5.14. The fourth-order valence-electron chi connectivity index (χ4n) is 6.71. The Morgan fingerprint density at radius 2 is 1.07 bits per heavy atom. The highest BCUT2D eigenvalue weighted by Crippen LogP contribution is 2.49. The monoisotopic (exact) mass is 538 g/mol. The van der Waals surface area contributed by atoms with Gasteiger partial charge in [0, 0.05) is 16.5 Å². The van der Waals surface area contributed by atoms with Gasteiger partial charge in [-0.3, -0.25) is 0 Å². The molecule has 8 rings (SSSR count). The van der Waals surface area contributed by atoms with E-state index in [1.54, 1.807) is 0 Å². The molecule has 1 heteroatoms. The first kappa shape index (κ1) is 24.6. The molecule has 0 radical (unpaired) electrons. The van der Waals surface area contributed by atoms with Crippen LogP contribution in [-0.4, -0.2) is 0 Å². The lowest BCUT2D eigenvalue weighted by atomic mass is 9.75. The molecule has 1 aliphatic rings. The third kappa shape index (κ3) is 3.85. The molecule has 1 aliphatic heterocycles. The molecule has 7 aromatic carbocycles. The summed E-state index contributed by atoms with van der Waals surface area (Å²) in [5, 5.41) is 5.12. The summed E-state index contributed by atoms with van der Waals surface area (Å²) in [5.41, 5.74) is 9.67. The number of hydrogen-bond acceptors (Lipinski definition) is 1. The van der Waals surface area contributed by atoms with Crippen molar-refractivity contribution in [3.05, 3.63) is 157 Å². The smallest absolute Gasteiger partial charge is 0.131 e. The zero-order chi connectivity index (χ0) is 28.3. The first-order valence-electron chi connectivity index (χ1n) is 14.6. The second-order valence-electron chi connectivity index (χ2n) is 11.8. The van der Waals surface area contributed by atoms with Crippen LogP contribution in [0.1, 0.15) is 25.0 Å². The van der Waals surface area contributed by atoms with E-state index in [0.717, 1.165) is 11.5 Å². The molecule has 7 aromatic rings. The van der Waals surface area contributed by atoms with Crippen molar-refractivity contribution in [3.63, 3.8) is 0 Å². The van der Waals surface area contributed by atoms with E-state index in [-0.39, 0.29) is 5.41 Å². The van der Waals surface area contributed by atoms with Crippen LogP contribution in [-0.2, 0) is 5.41 Å². The van der Waals surface area contributed by atoms with Crippen molar-refractivity contribution in [2.24, 2.45) is 0 Å². The predicted octanol–water partition coefficient (Wildman–Crippen LogP) is 11.4. The van der Waals surface area contributed by atoms with E-state index < -0.39 is 0 Å². The summed E-state index contributed by atoms with van der Waals surface area (Å²) in [6, 6.07) is 52.5. The summed E-state index contributed by atoms with van der Waals surface area (Å²) < 4.78 is 6.30. The van der Waals surface area contributed by atoms with Gasteiger partial charge in [0.2, 0.25) is 0 Å². The first-order valence-corrected chi connectivity index (χ1v) is 14.6. The Bertz CT molecular complexity index is 2120. The second-order valence-corrected chi connectivity index (χ2v) is 11.8.